The SMILES string of the molecule is COCC(=O)N1CCCc2ccc(NC(=O)c3ccc(F)cc3)cc21. The van der Waals surface area contributed by atoms with Gasteiger partial charge in [0.15, 0.2) is 0 Å². The molecule has 0 aromatic heterocycles. The minimum atomic E-state index is -0.391. The Morgan fingerprint density at radius 2 is 1.96 bits per heavy atom. The molecule has 0 fully saturated rings. The molecule has 5 nitrogen and oxygen atoms in total. The maximum Gasteiger partial charge on any atom is 0.255 e. The Kier molecular flexibility index (Phi) is 5.09. The number of hydrogen-bond acceptors (Lipinski definition) is 3. The van der Waals surface area contributed by atoms with E-state index in [9.17, 15) is 14.0 Å². The molecule has 0 radical (unpaired) electrons. The molecule has 130 valence electrons. The minimum absolute atomic E-state index is 0.0195. The number of nitrogens with zero attached hydrogens (tertiary/aromatic N) is 1. The average Bonchev–Trinajstić information content (AvgIpc) is 2.62. The third-order valence-electron chi connectivity index (χ3n) is 4.14. The second kappa shape index (κ2) is 7.44. The number of anilines is 2. The van der Waals surface area contributed by atoms with Crippen molar-refractivity contribution >= 4 is 23.2 Å². The highest BCUT2D eigenvalue weighted by Crippen LogP contribution is 2.30. The molecule has 25 heavy (non-hydrogen) atoms. The van der Waals surface area contributed by atoms with E-state index in [4.69, 9.17) is 4.74 Å². The fraction of sp³-hybridized carbons (Fsp3) is 0.263. The molecule has 0 saturated carbocycles. The van der Waals surface area contributed by atoms with E-state index in [2.05, 4.69) is 5.32 Å². The first kappa shape index (κ1) is 17.1. The van der Waals surface area contributed by atoms with Crippen molar-refractivity contribution in [2.24, 2.45) is 0 Å². The van der Waals surface area contributed by atoms with Crippen LogP contribution in [0.2, 0.25) is 0 Å². The maximum atomic E-state index is 13.0. The summed E-state index contributed by atoms with van der Waals surface area (Å²) in [7, 11) is 1.49. The molecular formula is C19H19FN2O3. The van der Waals surface area contributed by atoms with Gasteiger partial charge in [0.2, 0.25) is 0 Å². The lowest BCUT2D eigenvalue weighted by atomic mass is 10.0. The van der Waals surface area contributed by atoms with Gasteiger partial charge in [-0.05, 0) is 54.8 Å². The van der Waals surface area contributed by atoms with Crippen molar-refractivity contribution < 1.29 is 18.7 Å². The van der Waals surface area contributed by atoms with E-state index >= 15 is 0 Å². The van der Waals surface area contributed by atoms with Crippen LogP contribution in [0.3, 0.4) is 0 Å². The first-order valence-electron chi connectivity index (χ1n) is 8.07. The van der Waals surface area contributed by atoms with Crippen molar-refractivity contribution in [1.82, 2.24) is 0 Å². The van der Waals surface area contributed by atoms with Crippen LogP contribution in [0.1, 0.15) is 22.3 Å². The number of benzene rings is 2. The molecule has 2 amide bonds. The summed E-state index contributed by atoms with van der Waals surface area (Å²) in [6, 6.07) is 10.9. The number of nitrogens with one attached hydrogen (secondary N) is 1. The lowest BCUT2D eigenvalue weighted by Crippen LogP contribution is -2.37. The van der Waals surface area contributed by atoms with E-state index in [0.29, 0.717) is 17.8 Å². The fourth-order valence-electron chi connectivity index (χ4n) is 2.92. The second-order valence-electron chi connectivity index (χ2n) is 5.89. The molecule has 0 atom stereocenters. The van der Waals surface area contributed by atoms with Crippen LogP contribution >= 0.6 is 0 Å². The van der Waals surface area contributed by atoms with Gasteiger partial charge in [0, 0.05) is 30.6 Å². The van der Waals surface area contributed by atoms with Gasteiger partial charge in [-0.25, -0.2) is 4.39 Å². The summed E-state index contributed by atoms with van der Waals surface area (Å²) in [6.07, 6.45) is 1.78. The molecule has 1 aliphatic heterocycles. The van der Waals surface area contributed by atoms with Gasteiger partial charge >= 0.3 is 0 Å². The predicted molar refractivity (Wildman–Crippen MR) is 93.3 cm³/mol. The van der Waals surface area contributed by atoms with Gasteiger partial charge in [0.05, 0.1) is 0 Å². The van der Waals surface area contributed by atoms with Crippen LogP contribution in [0.4, 0.5) is 15.8 Å². The van der Waals surface area contributed by atoms with Crippen LogP contribution in [0.15, 0.2) is 42.5 Å². The van der Waals surface area contributed by atoms with Gasteiger partial charge in [-0.3, -0.25) is 9.59 Å². The highest BCUT2D eigenvalue weighted by molar-refractivity contribution is 6.05. The quantitative estimate of drug-likeness (QED) is 0.929. The lowest BCUT2D eigenvalue weighted by Gasteiger charge is -2.29. The number of rotatable bonds is 4. The molecule has 1 aliphatic rings. The third-order valence-corrected chi connectivity index (χ3v) is 4.14. The number of ether oxygens (including phenoxy) is 1. The van der Waals surface area contributed by atoms with Crippen LogP contribution in [-0.4, -0.2) is 32.1 Å². The first-order valence-corrected chi connectivity index (χ1v) is 8.07. The molecule has 0 unspecified atom stereocenters. The lowest BCUT2D eigenvalue weighted by molar-refractivity contribution is -0.122. The van der Waals surface area contributed by atoms with E-state index < -0.39 is 5.82 Å². The Bertz CT molecular complexity index is 790. The smallest absolute Gasteiger partial charge is 0.255 e. The third kappa shape index (κ3) is 3.85. The number of carbonyl (C=O) groups excluding carboxylic acids is 2. The molecule has 6 heteroatoms. The number of amides is 2. The molecular weight excluding hydrogens is 323 g/mol. The van der Waals surface area contributed by atoms with Crippen molar-refractivity contribution in [2.75, 3.05) is 30.5 Å². The van der Waals surface area contributed by atoms with Gasteiger partial charge in [-0.1, -0.05) is 6.07 Å². The molecule has 0 saturated heterocycles. The van der Waals surface area contributed by atoms with Crippen molar-refractivity contribution in [3.8, 4) is 0 Å². The number of carbonyl (C=O) groups is 2. The number of halogens is 1. The monoisotopic (exact) mass is 342 g/mol. The van der Waals surface area contributed by atoms with Crippen LogP contribution in [0.25, 0.3) is 0 Å². The molecule has 3 rings (SSSR count). The summed E-state index contributed by atoms with van der Waals surface area (Å²) in [4.78, 5) is 26.2. The highest BCUT2D eigenvalue weighted by Gasteiger charge is 2.23. The van der Waals surface area contributed by atoms with Gasteiger partial charge in [-0.2, -0.15) is 0 Å². The number of aryl methyl sites for hydroxylation is 1. The van der Waals surface area contributed by atoms with Crippen molar-refractivity contribution in [1.29, 1.82) is 0 Å². The number of methoxy groups -OCH3 is 1. The van der Waals surface area contributed by atoms with Crippen LogP contribution < -0.4 is 10.2 Å². The summed E-state index contributed by atoms with van der Waals surface area (Å²) in [6.45, 7) is 0.649. The average molecular weight is 342 g/mol. The molecule has 2 aromatic rings. The Labute approximate surface area is 145 Å². The van der Waals surface area contributed by atoms with Crippen molar-refractivity contribution in [2.45, 2.75) is 12.8 Å². The van der Waals surface area contributed by atoms with E-state index in [1.807, 2.05) is 12.1 Å². The largest absolute Gasteiger partial charge is 0.375 e. The van der Waals surface area contributed by atoms with Crippen molar-refractivity contribution in [3.05, 3.63) is 59.4 Å². The Morgan fingerprint density at radius 1 is 1.20 bits per heavy atom. The predicted octanol–water partition coefficient (Wildman–Crippen LogP) is 3.00. The fourth-order valence-corrected chi connectivity index (χ4v) is 2.92. The van der Waals surface area contributed by atoms with E-state index in [0.717, 1.165) is 24.1 Å². The zero-order valence-electron chi connectivity index (χ0n) is 13.9. The topological polar surface area (TPSA) is 58.6 Å². The number of hydrogen-bond donors (Lipinski definition) is 1. The Balaban J connectivity index is 1.82. The molecule has 0 aliphatic carbocycles. The summed E-state index contributed by atoms with van der Waals surface area (Å²) in [5.74, 6) is -0.825. The number of fused-ring (bicyclic) bond motifs is 1. The molecule has 1 N–H and O–H groups in total. The van der Waals surface area contributed by atoms with Gasteiger partial charge in [0.1, 0.15) is 12.4 Å². The molecule has 1 heterocycles. The van der Waals surface area contributed by atoms with Crippen LogP contribution in [0, 0.1) is 5.82 Å². The summed E-state index contributed by atoms with van der Waals surface area (Å²) in [5, 5.41) is 2.79. The van der Waals surface area contributed by atoms with Gasteiger partial charge in [-0.15, -0.1) is 0 Å². The highest BCUT2D eigenvalue weighted by atomic mass is 19.1. The van der Waals surface area contributed by atoms with Crippen LogP contribution in [0.5, 0.6) is 0 Å². The van der Waals surface area contributed by atoms with Gasteiger partial charge in [0.25, 0.3) is 11.8 Å². The molecule has 0 spiro atoms. The second-order valence-corrected chi connectivity index (χ2v) is 5.89. The van der Waals surface area contributed by atoms with E-state index in [-0.39, 0.29) is 18.4 Å². The van der Waals surface area contributed by atoms with Gasteiger partial charge < -0.3 is 15.0 Å². The minimum Gasteiger partial charge on any atom is -0.375 e. The summed E-state index contributed by atoms with van der Waals surface area (Å²) in [5.41, 5.74) is 2.82. The zero-order chi connectivity index (χ0) is 17.8. The van der Waals surface area contributed by atoms with E-state index in [1.165, 1.54) is 31.4 Å². The first-order chi connectivity index (χ1) is 12.1. The van der Waals surface area contributed by atoms with E-state index in [1.54, 1.807) is 11.0 Å². The zero-order valence-corrected chi connectivity index (χ0v) is 13.9. The summed E-state index contributed by atoms with van der Waals surface area (Å²) >= 11 is 0. The standard InChI is InChI=1S/C19H19FN2O3/c1-25-12-18(23)22-10-2-3-13-6-9-16(11-17(13)22)21-19(24)14-4-7-15(20)8-5-14/h4-9,11H,2-3,10,12H2,1H3,(H,21,24). The maximum absolute atomic E-state index is 13.0. The normalized spacial score (nSPS) is 13.3. The van der Waals surface area contributed by atoms with Crippen molar-refractivity contribution in [3.63, 3.8) is 0 Å². The molecule has 0 bridgehead atoms. The Hall–Kier alpha value is -2.73. The molecule has 2 aromatic carbocycles. The summed E-state index contributed by atoms with van der Waals surface area (Å²) < 4.78 is 17.9. The van der Waals surface area contributed by atoms with Crippen LogP contribution in [-0.2, 0) is 16.0 Å². The Morgan fingerprint density at radius 3 is 2.68 bits per heavy atom.